The maximum absolute atomic E-state index is 13.0. The number of nitrogens with one attached hydrogen (secondary N) is 2. The van der Waals surface area contributed by atoms with Crippen molar-refractivity contribution in [3.05, 3.63) is 84.3 Å². The number of hydrogen-bond donors (Lipinski definition) is 2. The molecular weight excluding hydrogens is 394 g/mol. The number of amides is 3. The van der Waals surface area contributed by atoms with Crippen molar-refractivity contribution in [2.45, 2.75) is 25.3 Å². The second kappa shape index (κ2) is 9.30. The minimum absolute atomic E-state index is 0.111. The van der Waals surface area contributed by atoms with Crippen molar-refractivity contribution in [1.82, 2.24) is 5.32 Å². The first-order valence-corrected chi connectivity index (χ1v) is 10.2. The van der Waals surface area contributed by atoms with E-state index in [1.165, 1.54) is 6.26 Å². The van der Waals surface area contributed by atoms with Gasteiger partial charge in [0.2, 0.25) is 11.8 Å². The van der Waals surface area contributed by atoms with Crippen LogP contribution in [0.4, 0.5) is 11.4 Å². The van der Waals surface area contributed by atoms with Crippen molar-refractivity contribution in [2.24, 2.45) is 0 Å². The molecule has 7 nitrogen and oxygen atoms in total. The molecule has 1 fully saturated rings. The van der Waals surface area contributed by atoms with Gasteiger partial charge in [-0.05, 0) is 48.4 Å². The second-order valence-electron chi connectivity index (χ2n) is 7.38. The van der Waals surface area contributed by atoms with Gasteiger partial charge < -0.3 is 20.0 Å². The van der Waals surface area contributed by atoms with E-state index in [0.29, 0.717) is 25.1 Å². The molecule has 158 valence electrons. The Bertz CT molecular complexity index is 1050. The summed E-state index contributed by atoms with van der Waals surface area (Å²) in [5.74, 6) is -0.538. The lowest BCUT2D eigenvalue weighted by molar-refractivity contribution is -0.118. The molecule has 3 aromatic rings. The summed E-state index contributed by atoms with van der Waals surface area (Å²) in [5.41, 5.74) is 2.32. The molecule has 1 aliphatic heterocycles. The predicted molar refractivity (Wildman–Crippen MR) is 117 cm³/mol. The van der Waals surface area contributed by atoms with E-state index in [1.54, 1.807) is 29.2 Å². The zero-order valence-electron chi connectivity index (χ0n) is 16.9. The lowest BCUT2D eigenvalue weighted by Gasteiger charge is -2.19. The molecule has 2 aromatic carbocycles. The van der Waals surface area contributed by atoms with Crippen molar-refractivity contribution in [1.29, 1.82) is 0 Å². The van der Waals surface area contributed by atoms with Crippen molar-refractivity contribution in [3.8, 4) is 0 Å². The van der Waals surface area contributed by atoms with Crippen LogP contribution in [0.3, 0.4) is 0 Å². The normalized spacial score (nSPS) is 14.3. The van der Waals surface area contributed by atoms with Crippen molar-refractivity contribution in [2.75, 3.05) is 16.8 Å². The van der Waals surface area contributed by atoms with Crippen molar-refractivity contribution in [3.63, 3.8) is 0 Å². The number of carbonyl (C=O) groups is 3. The molecule has 1 aliphatic rings. The van der Waals surface area contributed by atoms with E-state index in [-0.39, 0.29) is 17.6 Å². The largest absolute Gasteiger partial charge is 0.459 e. The molecule has 0 unspecified atom stereocenters. The number of benzene rings is 2. The van der Waals surface area contributed by atoms with Gasteiger partial charge in [-0.1, -0.05) is 30.3 Å². The highest BCUT2D eigenvalue weighted by Crippen LogP contribution is 2.23. The Kier molecular flexibility index (Phi) is 6.12. The third kappa shape index (κ3) is 5.01. The first-order valence-electron chi connectivity index (χ1n) is 10.2. The third-order valence-corrected chi connectivity index (χ3v) is 5.17. The Morgan fingerprint density at radius 1 is 1.00 bits per heavy atom. The van der Waals surface area contributed by atoms with Crippen LogP contribution in [-0.4, -0.2) is 30.3 Å². The zero-order chi connectivity index (χ0) is 21.6. The Balaban J connectivity index is 1.46. The summed E-state index contributed by atoms with van der Waals surface area (Å²) in [5, 5.41) is 5.61. The average molecular weight is 417 g/mol. The van der Waals surface area contributed by atoms with Gasteiger partial charge in [-0.25, -0.2) is 0 Å². The summed E-state index contributed by atoms with van der Waals surface area (Å²) in [4.78, 5) is 39.1. The van der Waals surface area contributed by atoms with Crippen LogP contribution in [0.25, 0.3) is 0 Å². The molecule has 0 aliphatic carbocycles. The van der Waals surface area contributed by atoms with Gasteiger partial charge in [0.15, 0.2) is 5.76 Å². The molecule has 4 rings (SSSR count). The first kappa shape index (κ1) is 20.4. The Labute approximate surface area is 180 Å². The summed E-state index contributed by atoms with van der Waals surface area (Å²) >= 11 is 0. The minimum Gasteiger partial charge on any atom is -0.459 e. The van der Waals surface area contributed by atoms with Crippen molar-refractivity contribution >= 4 is 29.1 Å². The van der Waals surface area contributed by atoms with Gasteiger partial charge in [-0.15, -0.1) is 0 Å². The highest BCUT2D eigenvalue weighted by Gasteiger charge is 2.24. The molecule has 1 saturated heterocycles. The van der Waals surface area contributed by atoms with E-state index < -0.39 is 11.9 Å². The maximum atomic E-state index is 13.0. The third-order valence-electron chi connectivity index (χ3n) is 5.17. The number of anilines is 2. The fourth-order valence-corrected chi connectivity index (χ4v) is 3.57. The van der Waals surface area contributed by atoms with Crippen molar-refractivity contribution < 1.29 is 18.8 Å². The van der Waals surface area contributed by atoms with Gasteiger partial charge in [0.25, 0.3) is 5.91 Å². The molecule has 2 heterocycles. The topological polar surface area (TPSA) is 91.7 Å². The smallest absolute Gasteiger partial charge is 0.287 e. The van der Waals surface area contributed by atoms with Gasteiger partial charge in [-0.3, -0.25) is 14.4 Å². The lowest BCUT2D eigenvalue weighted by atomic mass is 10.0. The van der Waals surface area contributed by atoms with E-state index in [4.69, 9.17) is 4.42 Å². The molecule has 7 heteroatoms. The van der Waals surface area contributed by atoms with Gasteiger partial charge >= 0.3 is 0 Å². The highest BCUT2D eigenvalue weighted by molar-refractivity contribution is 6.00. The monoisotopic (exact) mass is 417 g/mol. The van der Waals surface area contributed by atoms with Gasteiger partial charge in [0.1, 0.15) is 6.04 Å². The summed E-state index contributed by atoms with van der Waals surface area (Å²) in [6.07, 6.45) is 3.16. The SMILES string of the molecule is O=C(N[C@H](Cc1ccccc1)C(=O)Nc1ccc(N2CCCC2=O)cc1)c1ccco1. The average Bonchev–Trinajstić information content (AvgIpc) is 3.47. The molecule has 1 atom stereocenters. The summed E-state index contributed by atoms with van der Waals surface area (Å²) < 4.78 is 5.14. The van der Waals surface area contributed by atoms with Gasteiger partial charge in [0.05, 0.1) is 6.26 Å². The number of rotatable bonds is 7. The van der Waals surface area contributed by atoms with Crippen LogP contribution in [0.2, 0.25) is 0 Å². The number of hydrogen-bond acceptors (Lipinski definition) is 4. The van der Waals surface area contributed by atoms with Crippen LogP contribution >= 0.6 is 0 Å². The van der Waals surface area contributed by atoms with E-state index in [0.717, 1.165) is 17.7 Å². The Morgan fingerprint density at radius 3 is 2.42 bits per heavy atom. The molecule has 1 aromatic heterocycles. The summed E-state index contributed by atoms with van der Waals surface area (Å²) in [7, 11) is 0. The predicted octanol–water partition coefficient (Wildman–Crippen LogP) is 3.39. The fourth-order valence-electron chi connectivity index (χ4n) is 3.57. The fraction of sp³-hybridized carbons (Fsp3) is 0.208. The molecule has 0 saturated carbocycles. The molecular formula is C24H23N3O4. The van der Waals surface area contributed by atoms with Crippen LogP contribution < -0.4 is 15.5 Å². The quantitative estimate of drug-likeness (QED) is 0.616. The standard InChI is InChI=1S/C24H23N3O4/c28-22-9-4-14-27(22)19-12-10-18(11-13-19)25-23(29)20(16-17-6-2-1-3-7-17)26-24(30)21-8-5-15-31-21/h1-3,5-8,10-13,15,20H,4,9,14,16H2,(H,25,29)(H,26,30)/t20-/m1/s1. The number of furan rings is 1. The zero-order valence-corrected chi connectivity index (χ0v) is 16.9. The Hall–Kier alpha value is -3.87. The Morgan fingerprint density at radius 2 is 1.77 bits per heavy atom. The van der Waals surface area contributed by atoms with Gasteiger partial charge in [-0.2, -0.15) is 0 Å². The number of nitrogens with zero attached hydrogens (tertiary/aromatic N) is 1. The summed E-state index contributed by atoms with van der Waals surface area (Å²) in [6.45, 7) is 0.711. The van der Waals surface area contributed by atoms with E-state index in [2.05, 4.69) is 10.6 Å². The van der Waals surface area contributed by atoms with Crippen LogP contribution in [0.1, 0.15) is 29.0 Å². The van der Waals surface area contributed by atoms with Gasteiger partial charge in [0, 0.05) is 30.8 Å². The second-order valence-corrected chi connectivity index (χ2v) is 7.38. The maximum Gasteiger partial charge on any atom is 0.287 e. The number of carbonyl (C=O) groups excluding carboxylic acids is 3. The van der Waals surface area contributed by atoms with E-state index in [9.17, 15) is 14.4 Å². The summed E-state index contributed by atoms with van der Waals surface area (Å²) in [6, 6.07) is 19.0. The highest BCUT2D eigenvalue weighted by atomic mass is 16.3. The molecule has 0 radical (unpaired) electrons. The lowest BCUT2D eigenvalue weighted by Crippen LogP contribution is -2.45. The van der Waals surface area contributed by atoms with Crippen LogP contribution in [0.15, 0.2) is 77.4 Å². The van der Waals surface area contributed by atoms with Crippen LogP contribution in [-0.2, 0) is 16.0 Å². The first-order chi connectivity index (χ1) is 15.1. The molecule has 2 N–H and O–H groups in total. The van der Waals surface area contributed by atoms with Crippen LogP contribution in [0.5, 0.6) is 0 Å². The van der Waals surface area contributed by atoms with E-state index in [1.807, 2.05) is 42.5 Å². The molecule has 0 bridgehead atoms. The minimum atomic E-state index is -0.792. The van der Waals surface area contributed by atoms with Crippen LogP contribution in [0, 0.1) is 0 Å². The molecule has 0 spiro atoms. The molecule has 31 heavy (non-hydrogen) atoms. The molecule has 3 amide bonds. The van der Waals surface area contributed by atoms with E-state index >= 15 is 0 Å².